The Bertz CT molecular complexity index is 210. The van der Waals surface area contributed by atoms with Crippen LogP contribution in [0.15, 0.2) is 0 Å². The molecule has 0 aliphatic rings. The largest absolute Gasteiger partial charge is 0.382 e. The van der Waals surface area contributed by atoms with Crippen molar-refractivity contribution in [2.24, 2.45) is 17.6 Å². The molecule has 18 heavy (non-hydrogen) atoms. The molecule has 1 atom stereocenters. The molecule has 0 aliphatic heterocycles. The lowest BCUT2D eigenvalue weighted by Crippen LogP contribution is -2.31. The first-order valence-corrected chi connectivity index (χ1v) is 6.63. The van der Waals surface area contributed by atoms with Crippen molar-refractivity contribution in [2.75, 3.05) is 40.0 Å². The van der Waals surface area contributed by atoms with Crippen LogP contribution in [0.3, 0.4) is 0 Å². The van der Waals surface area contributed by atoms with E-state index in [2.05, 4.69) is 19.2 Å². The second-order valence-electron chi connectivity index (χ2n) is 4.89. The van der Waals surface area contributed by atoms with Gasteiger partial charge < -0.3 is 20.5 Å². The maximum absolute atomic E-state index is 11.6. The number of nitrogens with two attached hydrogens (primary N) is 1. The van der Waals surface area contributed by atoms with Crippen molar-refractivity contribution in [3.05, 3.63) is 0 Å². The van der Waals surface area contributed by atoms with E-state index >= 15 is 0 Å². The third-order valence-electron chi connectivity index (χ3n) is 2.61. The van der Waals surface area contributed by atoms with E-state index < -0.39 is 0 Å². The van der Waals surface area contributed by atoms with Crippen LogP contribution in [0.25, 0.3) is 0 Å². The Morgan fingerprint density at radius 2 is 2.00 bits per heavy atom. The minimum Gasteiger partial charge on any atom is -0.382 e. The van der Waals surface area contributed by atoms with Gasteiger partial charge in [-0.05, 0) is 24.8 Å². The third kappa shape index (κ3) is 10.5. The number of carbonyl (C=O) groups is 1. The topological polar surface area (TPSA) is 73.6 Å². The first-order valence-electron chi connectivity index (χ1n) is 6.63. The summed E-state index contributed by atoms with van der Waals surface area (Å²) in [5.41, 5.74) is 5.66. The summed E-state index contributed by atoms with van der Waals surface area (Å²) in [6, 6.07) is 0. The molecule has 1 amide bonds. The van der Waals surface area contributed by atoms with E-state index in [4.69, 9.17) is 15.2 Å². The summed E-state index contributed by atoms with van der Waals surface area (Å²) in [4.78, 5) is 11.6. The van der Waals surface area contributed by atoms with Crippen molar-refractivity contribution < 1.29 is 14.3 Å². The molecule has 0 aromatic rings. The lowest BCUT2D eigenvalue weighted by Gasteiger charge is -2.16. The Morgan fingerprint density at radius 3 is 2.56 bits per heavy atom. The number of nitrogens with one attached hydrogen (secondary N) is 1. The molecule has 0 aromatic carbocycles. The Kier molecular flexibility index (Phi) is 11.0. The highest BCUT2D eigenvalue weighted by atomic mass is 16.5. The Morgan fingerprint density at radius 1 is 1.28 bits per heavy atom. The second kappa shape index (κ2) is 11.4. The Balaban J connectivity index is 3.56. The summed E-state index contributed by atoms with van der Waals surface area (Å²) >= 11 is 0. The average Bonchev–Trinajstić information content (AvgIpc) is 2.32. The van der Waals surface area contributed by atoms with Crippen LogP contribution in [0, 0.1) is 11.8 Å². The highest BCUT2D eigenvalue weighted by Crippen LogP contribution is 2.13. The number of ether oxygens (including phenoxy) is 2. The zero-order chi connectivity index (χ0) is 13.8. The van der Waals surface area contributed by atoms with Gasteiger partial charge in [-0.2, -0.15) is 0 Å². The highest BCUT2D eigenvalue weighted by Gasteiger charge is 2.13. The number of carbonyl (C=O) groups excluding carboxylic acids is 1. The van der Waals surface area contributed by atoms with Crippen LogP contribution in [0.5, 0.6) is 0 Å². The SMILES string of the molecule is COCCOCCNC(=O)CC(CN)CC(C)C. The molecule has 0 heterocycles. The summed E-state index contributed by atoms with van der Waals surface area (Å²) in [6.45, 7) is 7.06. The molecule has 0 saturated carbocycles. The maximum atomic E-state index is 11.6. The number of amides is 1. The molecule has 5 nitrogen and oxygen atoms in total. The molecule has 1 unspecified atom stereocenters. The minimum atomic E-state index is 0.0569. The molecule has 0 saturated heterocycles. The molecule has 0 bridgehead atoms. The lowest BCUT2D eigenvalue weighted by atomic mass is 9.94. The molecular weight excluding hydrogens is 232 g/mol. The Labute approximate surface area is 110 Å². The van der Waals surface area contributed by atoms with Gasteiger partial charge in [0.2, 0.25) is 5.91 Å². The van der Waals surface area contributed by atoms with Gasteiger partial charge in [-0.15, -0.1) is 0 Å². The summed E-state index contributed by atoms with van der Waals surface area (Å²) in [5, 5.41) is 2.84. The van der Waals surface area contributed by atoms with Gasteiger partial charge in [0.05, 0.1) is 19.8 Å². The average molecular weight is 260 g/mol. The smallest absolute Gasteiger partial charge is 0.220 e. The van der Waals surface area contributed by atoms with E-state index in [-0.39, 0.29) is 11.8 Å². The second-order valence-corrected chi connectivity index (χ2v) is 4.89. The summed E-state index contributed by atoms with van der Waals surface area (Å²) in [7, 11) is 1.63. The fourth-order valence-electron chi connectivity index (χ4n) is 1.77. The zero-order valence-corrected chi connectivity index (χ0v) is 11.9. The van der Waals surface area contributed by atoms with Crippen LogP contribution in [0.1, 0.15) is 26.7 Å². The molecule has 0 aliphatic carbocycles. The highest BCUT2D eigenvalue weighted by molar-refractivity contribution is 5.76. The standard InChI is InChI=1S/C13H28N2O3/c1-11(2)8-12(10-14)9-13(16)15-4-5-18-7-6-17-3/h11-12H,4-10,14H2,1-3H3,(H,15,16). The van der Waals surface area contributed by atoms with Gasteiger partial charge in [0, 0.05) is 20.1 Å². The molecule has 0 radical (unpaired) electrons. The van der Waals surface area contributed by atoms with E-state index in [0.717, 1.165) is 6.42 Å². The predicted molar refractivity (Wildman–Crippen MR) is 72.3 cm³/mol. The van der Waals surface area contributed by atoms with Gasteiger partial charge in [0.25, 0.3) is 0 Å². The summed E-state index contributed by atoms with van der Waals surface area (Å²) in [6.07, 6.45) is 1.50. The van der Waals surface area contributed by atoms with Crippen LogP contribution < -0.4 is 11.1 Å². The number of hydrogen-bond acceptors (Lipinski definition) is 4. The monoisotopic (exact) mass is 260 g/mol. The van der Waals surface area contributed by atoms with Gasteiger partial charge in [0.1, 0.15) is 0 Å². The zero-order valence-electron chi connectivity index (χ0n) is 11.9. The fourth-order valence-corrected chi connectivity index (χ4v) is 1.77. The molecule has 0 spiro atoms. The van der Waals surface area contributed by atoms with E-state index in [0.29, 0.717) is 45.2 Å². The van der Waals surface area contributed by atoms with Crippen LogP contribution >= 0.6 is 0 Å². The van der Waals surface area contributed by atoms with Crippen molar-refractivity contribution in [1.29, 1.82) is 0 Å². The lowest BCUT2D eigenvalue weighted by molar-refractivity contribution is -0.122. The van der Waals surface area contributed by atoms with Crippen molar-refractivity contribution in [3.8, 4) is 0 Å². The molecule has 0 fully saturated rings. The van der Waals surface area contributed by atoms with Crippen LogP contribution in [0.2, 0.25) is 0 Å². The molecule has 0 rings (SSSR count). The molecular formula is C13H28N2O3. The van der Waals surface area contributed by atoms with Crippen molar-refractivity contribution in [2.45, 2.75) is 26.7 Å². The van der Waals surface area contributed by atoms with Gasteiger partial charge >= 0.3 is 0 Å². The fraction of sp³-hybridized carbons (Fsp3) is 0.923. The van der Waals surface area contributed by atoms with E-state index in [1.54, 1.807) is 7.11 Å². The third-order valence-corrected chi connectivity index (χ3v) is 2.61. The minimum absolute atomic E-state index is 0.0569. The van der Waals surface area contributed by atoms with Crippen molar-refractivity contribution in [3.63, 3.8) is 0 Å². The van der Waals surface area contributed by atoms with Gasteiger partial charge in [-0.25, -0.2) is 0 Å². The van der Waals surface area contributed by atoms with Crippen LogP contribution in [0.4, 0.5) is 0 Å². The van der Waals surface area contributed by atoms with E-state index in [1.165, 1.54) is 0 Å². The number of rotatable bonds is 11. The van der Waals surface area contributed by atoms with E-state index in [1.807, 2.05) is 0 Å². The van der Waals surface area contributed by atoms with E-state index in [9.17, 15) is 4.79 Å². The van der Waals surface area contributed by atoms with Gasteiger partial charge in [-0.3, -0.25) is 4.79 Å². The predicted octanol–water partition coefficient (Wildman–Crippen LogP) is 0.777. The van der Waals surface area contributed by atoms with Crippen molar-refractivity contribution in [1.82, 2.24) is 5.32 Å². The van der Waals surface area contributed by atoms with Gasteiger partial charge in [0.15, 0.2) is 0 Å². The quantitative estimate of drug-likeness (QED) is 0.538. The molecule has 108 valence electrons. The van der Waals surface area contributed by atoms with Crippen LogP contribution in [-0.2, 0) is 14.3 Å². The molecule has 5 heteroatoms. The number of hydrogen-bond donors (Lipinski definition) is 2. The first-order chi connectivity index (χ1) is 8.60. The summed E-state index contributed by atoms with van der Waals surface area (Å²) in [5.74, 6) is 0.907. The Hall–Kier alpha value is -0.650. The first kappa shape index (κ1) is 17.4. The van der Waals surface area contributed by atoms with Crippen LogP contribution in [-0.4, -0.2) is 45.9 Å². The normalized spacial score (nSPS) is 12.7. The summed E-state index contributed by atoms with van der Waals surface area (Å²) < 4.78 is 10.1. The van der Waals surface area contributed by atoms with Crippen molar-refractivity contribution >= 4 is 5.91 Å². The van der Waals surface area contributed by atoms with Gasteiger partial charge in [-0.1, -0.05) is 13.8 Å². The molecule has 3 N–H and O–H groups in total. The maximum Gasteiger partial charge on any atom is 0.220 e. The number of methoxy groups -OCH3 is 1. The molecule has 0 aromatic heterocycles.